The van der Waals surface area contributed by atoms with E-state index in [4.69, 9.17) is 5.26 Å². The minimum absolute atomic E-state index is 0.0856. The molecule has 0 aliphatic heterocycles. The van der Waals surface area contributed by atoms with E-state index in [-0.39, 0.29) is 10.8 Å². The molecule has 22 heavy (non-hydrogen) atoms. The highest BCUT2D eigenvalue weighted by molar-refractivity contribution is 8.00. The van der Waals surface area contributed by atoms with E-state index in [0.717, 1.165) is 30.0 Å². The monoisotopic (exact) mass is 318 g/mol. The second kappa shape index (κ2) is 7.05. The van der Waals surface area contributed by atoms with Crippen LogP contribution in [0.25, 0.3) is 0 Å². The van der Waals surface area contributed by atoms with Gasteiger partial charge in [0.25, 0.3) is 0 Å². The molecule has 0 aliphatic rings. The van der Waals surface area contributed by atoms with E-state index in [1.807, 2.05) is 6.07 Å². The van der Waals surface area contributed by atoms with Gasteiger partial charge in [-0.3, -0.25) is 4.79 Å². The van der Waals surface area contributed by atoms with Crippen LogP contribution in [0.15, 0.2) is 47.4 Å². The summed E-state index contributed by atoms with van der Waals surface area (Å²) in [5.74, 6) is -1.45. The number of amides is 1. The average molecular weight is 318 g/mol. The number of nitrogens with one attached hydrogen (secondary N) is 1. The van der Waals surface area contributed by atoms with Crippen LogP contribution in [-0.4, -0.2) is 11.2 Å². The van der Waals surface area contributed by atoms with Crippen molar-refractivity contribution in [1.82, 2.24) is 0 Å². The molecular weight excluding hydrogens is 306 g/mol. The molecule has 0 spiro atoms. The second-order valence-corrected chi connectivity index (χ2v) is 5.90. The highest BCUT2D eigenvalue weighted by Crippen LogP contribution is 2.27. The maximum absolute atomic E-state index is 13.6. The number of thioether (sulfide) groups is 1. The Morgan fingerprint density at radius 1 is 1.23 bits per heavy atom. The molecule has 0 fully saturated rings. The topological polar surface area (TPSA) is 52.9 Å². The quantitative estimate of drug-likeness (QED) is 0.868. The van der Waals surface area contributed by atoms with Crippen molar-refractivity contribution >= 4 is 23.4 Å². The van der Waals surface area contributed by atoms with Gasteiger partial charge >= 0.3 is 0 Å². The van der Waals surface area contributed by atoms with Crippen molar-refractivity contribution in [3.8, 4) is 6.07 Å². The van der Waals surface area contributed by atoms with Gasteiger partial charge in [-0.2, -0.15) is 5.26 Å². The fourth-order valence-corrected chi connectivity index (χ4v) is 2.59. The third kappa shape index (κ3) is 4.06. The number of nitriles is 1. The number of halogens is 2. The number of carbonyl (C=O) groups excluding carboxylic acids is 1. The smallest absolute Gasteiger partial charge is 0.237 e. The van der Waals surface area contributed by atoms with Crippen molar-refractivity contribution in [1.29, 1.82) is 5.26 Å². The Morgan fingerprint density at radius 2 is 1.91 bits per heavy atom. The molecule has 6 heteroatoms. The molecule has 2 aromatic rings. The first-order valence-corrected chi connectivity index (χ1v) is 7.30. The Balaban J connectivity index is 2.02. The van der Waals surface area contributed by atoms with E-state index >= 15 is 0 Å². The first-order valence-electron chi connectivity index (χ1n) is 6.42. The van der Waals surface area contributed by atoms with Crippen molar-refractivity contribution in [3.63, 3.8) is 0 Å². The number of carbonyl (C=O) groups is 1. The van der Waals surface area contributed by atoms with Crippen LogP contribution < -0.4 is 5.32 Å². The van der Waals surface area contributed by atoms with E-state index in [2.05, 4.69) is 5.32 Å². The fourth-order valence-electron chi connectivity index (χ4n) is 1.68. The maximum atomic E-state index is 13.6. The van der Waals surface area contributed by atoms with Gasteiger partial charge in [-0.1, -0.05) is 0 Å². The number of nitrogens with zero attached hydrogens (tertiary/aromatic N) is 1. The highest BCUT2D eigenvalue weighted by Gasteiger charge is 2.17. The Kier molecular flexibility index (Phi) is 5.12. The average Bonchev–Trinajstić information content (AvgIpc) is 2.51. The maximum Gasteiger partial charge on any atom is 0.237 e. The summed E-state index contributed by atoms with van der Waals surface area (Å²) in [6.07, 6.45) is 0. The second-order valence-electron chi connectivity index (χ2n) is 4.51. The zero-order valence-corrected chi connectivity index (χ0v) is 12.5. The Labute approximate surface area is 131 Å². The molecule has 2 rings (SSSR count). The lowest BCUT2D eigenvalue weighted by atomic mass is 10.2. The van der Waals surface area contributed by atoms with E-state index in [1.165, 1.54) is 0 Å². The predicted molar refractivity (Wildman–Crippen MR) is 81.5 cm³/mol. The van der Waals surface area contributed by atoms with Gasteiger partial charge in [-0.05, 0) is 49.4 Å². The number of rotatable bonds is 4. The summed E-state index contributed by atoms with van der Waals surface area (Å²) in [6, 6.07) is 11.5. The lowest BCUT2D eigenvalue weighted by Gasteiger charge is -2.12. The summed E-state index contributed by atoms with van der Waals surface area (Å²) in [4.78, 5) is 12.1. The normalized spacial score (nSPS) is 11.5. The molecule has 0 saturated carbocycles. The largest absolute Gasteiger partial charge is 0.325 e. The molecule has 2 aromatic carbocycles. The van der Waals surface area contributed by atoms with E-state index in [9.17, 15) is 13.6 Å². The molecular formula is C16H12F2N2OS. The highest BCUT2D eigenvalue weighted by atomic mass is 32.2. The molecule has 1 amide bonds. The van der Waals surface area contributed by atoms with Gasteiger partial charge in [0.1, 0.15) is 11.6 Å². The predicted octanol–water partition coefficient (Wildman–Crippen LogP) is 3.96. The molecule has 0 aliphatic carbocycles. The van der Waals surface area contributed by atoms with Crippen LogP contribution in [0.5, 0.6) is 0 Å². The van der Waals surface area contributed by atoms with E-state index in [0.29, 0.717) is 11.3 Å². The Hall–Kier alpha value is -2.39. The van der Waals surface area contributed by atoms with Crippen molar-refractivity contribution in [3.05, 3.63) is 59.7 Å². The number of anilines is 1. The molecule has 1 atom stereocenters. The van der Waals surface area contributed by atoms with Crippen LogP contribution in [0.4, 0.5) is 14.5 Å². The van der Waals surface area contributed by atoms with Gasteiger partial charge < -0.3 is 5.32 Å². The molecule has 0 bridgehead atoms. The first kappa shape index (κ1) is 16.0. The summed E-state index contributed by atoms with van der Waals surface area (Å²) in [7, 11) is 0. The summed E-state index contributed by atoms with van der Waals surface area (Å²) >= 11 is 0.940. The summed E-state index contributed by atoms with van der Waals surface area (Å²) in [6.45, 7) is 1.61. The number of hydrogen-bond donors (Lipinski definition) is 1. The third-order valence-electron chi connectivity index (χ3n) is 2.85. The first-order chi connectivity index (χ1) is 10.5. The van der Waals surface area contributed by atoms with E-state index < -0.39 is 16.9 Å². The van der Waals surface area contributed by atoms with Gasteiger partial charge in [0.05, 0.1) is 16.9 Å². The summed E-state index contributed by atoms with van der Waals surface area (Å²) < 4.78 is 26.7. The molecule has 0 heterocycles. The van der Waals surface area contributed by atoms with Gasteiger partial charge in [0, 0.05) is 10.6 Å². The molecule has 0 aromatic heterocycles. The number of hydrogen-bond acceptors (Lipinski definition) is 3. The van der Waals surface area contributed by atoms with Crippen LogP contribution in [-0.2, 0) is 4.79 Å². The SMILES string of the molecule is C[C@H](Sc1cc(F)ccc1F)C(=O)Nc1ccc(C#N)cc1. The van der Waals surface area contributed by atoms with Crippen LogP contribution in [0.1, 0.15) is 12.5 Å². The third-order valence-corrected chi connectivity index (χ3v) is 3.98. The minimum Gasteiger partial charge on any atom is -0.325 e. The standard InChI is InChI=1S/C16H12F2N2OS/c1-10(22-15-8-12(17)4-7-14(15)18)16(21)20-13-5-2-11(9-19)3-6-13/h2-8,10H,1H3,(H,20,21)/t10-/m0/s1. The van der Waals surface area contributed by atoms with Crippen molar-refractivity contribution in [2.24, 2.45) is 0 Å². The van der Waals surface area contributed by atoms with Gasteiger partial charge in [-0.15, -0.1) is 11.8 Å². The van der Waals surface area contributed by atoms with Crippen molar-refractivity contribution in [2.45, 2.75) is 17.1 Å². The van der Waals surface area contributed by atoms with Crippen LogP contribution in [0.3, 0.4) is 0 Å². The van der Waals surface area contributed by atoms with Crippen molar-refractivity contribution < 1.29 is 13.6 Å². The molecule has 1 N–H and O–H groups in total. The number of benzene rings is 2. The zero-order valence-electron chi connectivity index (χ0n) is 11.6. The van der Waals surface area contributed by atoms with Gasteiger partial charge in [0.2, 0.25) is 5.91 Å². The fraction of sp³-hybridized carbons (Fsp3) is 0.125. The Bertz CT molecular complexity index is 726. The van der Waals surface area contributed by atoms with Gasteiger partial charge in [-0.25, -0.2) is 8.78 Å². The van der Waals surface area contributed by atoms with Crippen molar-refractivity contribution in [2.75, 3.05) is 5.32 Å². The molecule has 0 radical (unpaired) electrons. The Morgan fingerprint density at radius 3 is 2.55 bits per heavy atom. The molecule has 0 unspecified atom stereocenters. The van der Waals surface area contributed by atoms with Crippen LogP contribution in [0, 0.1) is 23.0 Å². The molecule has 3 nitrogen and oxygen atoms in total. The molecule has 112 valence electrons. The lowest BCUT2D eigenvalue weighted by Crippen LogP contribution is -2.22. The van der Waals surface area contributed by atoms with E-state index in [1.54, 1.807) is 31.2 Å². The summed E-state index contributed by atoms with van der Waals surface area (Å²) in [5.41, 5.74) is 1.03. The minimum atomic E-state index is -0.605. The zero-order chi connectivity index (χ0) is 16.1. The van der Waals surface area contributed by atoms with Crippen LogP contribution >= 0.6 is 11.8 Å². The summed E-state index contributed by atoms with van der Waals surface area (Å²) in [5, 5.41) is 10.8. The van der Waals surface area contributed by atoms with Crippen LogP contribution in [0.2, 0.25) is 0 Å². The lowest BCUT2D eigenvalue weighted by molar-refractivity contribution is -0.115. The van der Waals surface area contributed by atoms with Gasteiger partial charge in [0.15, 0.2) is 0 Å². The molecule has 0 saturated heterocycles.